The van der Waals surface area contributed by atoms with Crippen LogP contribution < -0.4 is 9.47 Å². The van der Waals surface area contributed by atoms with Crippen LogP contribution in [0.2, 0.25) is 0 Å². The van der Waals surface area contributed by atoms with E-state index in [9.17, 15) is 0 Å². The summed E-state index contributed by atoms with van der Waals surface area (Å²) in [5.74, 6) is 2.45. The zero-order valence-corrected chi connectivity index (χ0v) is 10.9. The molecule has 94 valence electrons. The minimum atomic E-state index is 0.375. The van der Waals surface area contributed by atoms with E-state index in [4.69, 9.17) is 21.1 Å². The monoisotopic (exact) mass is 263 g/mol. The Morgan fingerprint density at radius 1 is 1.11 bits per heavy atom. The predicted molar refractivity (Wildman–Crippen MR) is 71.5 cm³/mol. The topological polar surface area (TPSA) is 31.4 Å². The smallest absolute Gasteiger partial charge is 0.223 e. The molecule has 0 saturated heterocycles. The fourth-order valence-electron chi connectivity index (χ4n) is 1.50. The van der Waals surface area contributed by atoms with Crippen molar-refractivity contribution in [2.45, 2.75) is 12.8 Å². The van der Waals surface area contributed by atoms with E-state index >= 15 is 0 Å². The number of halogens is 1. The van der Waals surface area contributed by atoms with Crippen molar-refractivity contribution >= 4 is 11.6 Å². The standard InChI is InChI=1S/C14H14ClNO2/c1-2-17-12-5-7-13(8-6-12)18-14-11(10-15)4-3-9-16-14/h3-9H,2,10H2,1H3. The fraction of sp³-hybridized carbons (Fsp3) is 0.214. The highest BCUT2D eigenvalue weighted by Gasteiger charge is 2.04. The summed E-state index contributed by atoms with van der Waals surface area (Å²) in [5.41, 5.74) is 0.869. The van der Waals surface area contributed by atoms with E-state index in [1.165, 1.54) is 0 Å². The van der Waals surface area contributed by atoms with E-state index in [2.05, 4.69) is 4.98 Å². The largest absolute Gasteiger partial charge is 0.494 e. The molecule has 3 nitrogen and oxygen atoms in total. The zero-order chi connectivity index (χ0) is 12.8. The van der Waals surface area contributed by atoms with Crippen molar-refractivity contribution < 1.29 is 9.47 Å². The van der Waals surface area contributed by atoms with Gasteiger partial charge in [-0.2, -0.15) is 0 Å². The van der Waals surface area contributed by atoms with Gasteiger partial charge in [-0.05, 0) is 37.3 Å². The summed E-state index contributed by atoms with van der Waals surface area (Å²) in [6, 6.07) is 11.1. The molecule has 0 aliphatic heterocycles. The lowest BCUT2D eigenvalue weighted by atomic mass is 10.3. The number of hydrogen-bond donors (Lipinski definition) is 0. The fourth-order valence-corrected chi connectivity index (χ4v) is 1.70. The third-order valence-electron chi connectivity index (χ3n) is 2.34. The normalized spacial score (nSPS) is 10.1. The van der Waals surface area contributed by atoms with E-state index in [0.717, 1.165) is 11.3 Å². The summed E-state index contributed by atoms with van der Waals surface area (Å²) in [5, 5.41) is 0. The van der Waals surface area contributed by atoms with E-state index < -0.39 is 0 Å². The Hall–Kier alpha value is -1.74. The number of hydrogen-bond acceptors (Lipinski definition) is 3. The number of benzene rings is 1. The first-order chi connectivity index (χ1) is 8.83. The van der Waals surface area contributed by atoms with Gasteiger partial charge in [0.1, 0.15) is 11.5 Å². The van der Waals surface area contributed by atoms with Gasteiger partial charge < -0.3 is 9.47 Å². The highest BCUT2D eigenvalue weighted by molar-refractivity contribution is 6.17. The van der Waals surface area contributed by atoms with Gasteiger partial charge >= 0.3 is 0 Å². The van der Waals surface area contributed by atoms with Crippen molar-refractivity contribution in [3.8, 4) is 17.4 Å². The summed E-state index contributed by atoms with van der Waals surface area (Å²) in [7, 11) is 0. The molecule has 0 atom stereocenters. The van der Waals surface area contributed by atoms with Gasteiger partial charge in [0.05, 0.1) is 12.5 Å². The Balaban J connectivity index is 2.13. The van der Waals surface area contributed by atoms with Crippen LogP contribution in [0.15, 0.2) is 42.6 Å². The summed E-state index contributed by atoms with van der Waals surface area (Å²) in [6.45, 7) is 2.60. The quantitative estimate of drug-likeness (QED) is 0.764. The summed E-state index contributed by atoms with van der Waals surface area (Å²) < 4.78 is 11.0. The zero-order valence-electron chi connectivity index (χ0n) is 10.1. The highest BCUT2D eigenvalue weighted by Crippen LogP contribution is 2.25. The first kappa shape index (κ1) is 12.7. The molecule has 0 aliphatic rings. The van der Waals surface area contributed by atoms with Gasteiger partial charge in [-0.3, -0.25) is 0 Å². The molecule has 0 saturated carbocycles. The van der Waals surface area contributed by atoms with Crippen molar-refractivity contribution in [3.63, 3.8) is 0 Å². The highest BCUT2D eigenvalue weighted by atomic mass is 35.5. The van der Waals surface area contributed by atoms with Crippen molar-refractivity contribution in [2.75, 3.05) is 6.61 Å². The van der Waals surface area contributed by atoms with E-state index in [1.54, 1.807) is 6.20 Å². The number of nitrogens with zero attached hydrogens (tertiary/aromatic N) is 1. The lowest BCUT2D eigenvalue weighted by molar-refractivity contribution is 0.339. The van der Waals surface area contributed by atoms with Gasteiger partial charge in [-0.1, -0.05) is 6.07 Å². The van der Waals surface area contributed by atoms with Gasteiger partial charge in [0.2, 0.25) is 5.88 Å². The van der Waals surface area contributed by atoms with Crippen molar-refractivity contribution in [2.24, 2.45) is 0 Å². The molecule has 2 rings (SSSR count). The molecule has 1 aromatic carbocycles. The average Bonchev–Trinajstić information content (AvgIpc) is 2.42. The van der Waals surface area contributed by atoms with Crippen LogP contribution in [0.25, 0.3) is 0 Å². The van der Waals surface area contributed by atoms with Crippen LogP contribution in [0.5, 0.6) is 17.4 Å². The third kappa shape index (κ3) is 3.14. The molecule has 0 radical (unpaired) electrons. The molecule has 0 unspecified atom stereocenters. The minimum absolute atomic E-state index is 0.375. The van der Waals surface area contributed by atoms with E-state index in [-0.39, 0.29) is 0 Å². The average molecular weight is 264 g/mol. The Bertz CT molecular complexity index is 499. The number of aromatic nitrogens is 1. The maximum Gasteiger partial charge on any atom is 0.223 e. The van der Waals surface area contributed by atoms with Crippen molar-refractivity contribution in [1.29, 1.82) is 0 Å². The number of alkyl halides is 1. The second-order valence-corrected chi connectivity index (χ2v) is 3.88. The van der Waals surface area contributed by atoms with Gasteiger partial charge in [-0.25, -0.2) is 4.98 Å². The predicted octanol–water partition coefficient (Wildman–Crippen LogP) is 4.01. The molecule has 0 fully saturated rings. The molecule has 2 aromatic rings. The maximum atomic E-state index is 5.82. The number of rotatable bonds is 5. The van der Waals surface area contributed by atoms with E-state index in [1.807, 2.05) is 43.3 Å². The van der Waals surface area contributed by atoms with Crippen LogP contribution >= 0.6 is 11.6 Å². The first-order valence-corrected chi connectivity index (χ1v) is 6.27. The Labute approximate surface area is 111 Å². The van der Waals surface area contributed by atoms with Crippen LogP contribution in [-0.4, -0.2) is 11.6 Å². The van der Waals surface area contributed by atoms with E-state index in [0.29, 0.717) is 24.1 Å². The molecule has 0 amide bonds. The van der Waals surface area contributed by atoms with Crippen molar-refractivity contribution in [3.05, 3.63) is 48.2 Å². The van der Waals surface area contributed by atoms with Crippen LogP contribution in [0, 0.1) is 0 Å². The third-order valence-corrected chi connectivity index (χ3v) is 2.63. The Morgan fingerprint density at radius 2 is 1.83 bits per heavy atom. The van der Waals surface area contributed by atoms with Crippen molar-refractivity contribution in [1.82, 2.24) is 4.98 Å². The summed E-state index contributed by atoms with van der Waals surface area (Å²) in [4.78, 5) is 4.17. The molecule has 1 heterocycles. The molecule has 0 spiro atoms. The molecular formula is C14H14ClNO2. The van der Waals surface area contributed by atoms with Crippen LogP contribution in [0.4, 0.5) is 0 Å². The molecule has 18 heavy (non-hydrogen) atoms. The molecule has 4 heteroatoms. The van der Waals surface area contributed by atoms with Crippen LogP contribution in [-0.2, 0) is 5.88 Å². The summed E-state index contributed by atoms with van der Waals surface area (Å²) in [6.07, 6.45) is 1.68. The maximum absolute atomic E-state index is 5.82. The van der Waals surface area contributed by atoms with Crippen LogP contribution in [0.1, 0.15) is 12.5 Å². The Morgan fingerprint density at radius 3 is 2.50 bits per heavy atom. The number of pyridine rings is 1. The molecule has 0 N–H and O–H groups in total. The van der Waals surface area contributed by atoms with Gasteiger partial charge in [0.25, 0.3) is 0 Å². The minimum Gasteiger partial charge on any atom is -0.494 e. The summed E-state index contributed by atoms with van der Waals surface area (Å²) >= 11 is 5.82. The lowest BCUT2D eigenvalue weighted by Gasteiger charge is -2.08. The lowest BCUT2D eigenvalue weighted by Crippen LogP contribution is -1.93. The second-order valence-electron chi connectivity index (χ2n) is 3.61. The number of ether oxygens (including phenoxy) is 2. The molecule has 1 aromatic heterocycles. The molecule has 0 aliphatic carbocycles. The Kier molecular flexibility index (Phi) is 4.42. The van der Waals surface area contributed by atoms with Gasteiger partial charge in [0.15, 0.2) is 0 Å². The SMILES string of the molecule is CCOc1ccc(Oc2ncccc2CCl)cc1. The van der Waals surface area contributed by atoms with Gasteiger partial charge in [-0.15, -0.1) is 11.6 Å². The van der Waals surface area contributed by atoms with Gasteiger partial charge in [0, 0.05) is 11.8 Å². The van der Waals surface area contributed by atoms with Crippen LogP contribution in [0.3, 0.4) is 0 Å². The molecule has 0 bridgehead atoms. The first-order valence-electron chi connectivity index (χ1n) is 5.74. The molecular weight excluding hydrogens is 250 g/mol. The second kappa shape index (κ2) is 6.26.